The third kappa shape index (κ3) is 7.93. The summed E-state index contributed by atoms with van der Waals surface area (Å²) in [7, 11) is 3.46. The topological polar surface area (TPSA) is 75.2 Å². The molecule has 7 heteroatoms. The van der Waals surface area contributed by atoms with Crippen molar-refractivity contribution in [1.82, 2.24) is 15.5 Å². The van der Waals surface area contributed by atoms with E-state index in [1.165, 1.54) is 24.8 Å². The first-order valence-electron chi connectivity index (χ1n) is 10.7. The van der Waals surface area contributed by atoms with E-state index in [0.717, 1.165) is 31.3 Å². The molecule has 0 spiro atoms. The summed E-state index contributed by atoms with van der Waals surface area (Å²) >= 11 is 0. The first-order valence-corrected chi connectivity index (χ1v) is 10.7. The molecule has 2 N–H and O–H groups in total. The first kappa shape index (κ1) is 23.0. The van der Waals surface area contributed by atoms with Gasteiger partial charge >= 0.3 is 5.97 Å². The molecule has 1 heterocycles. The number of ether oxygens (including phenoxy) is 2. The van der Waals surface area contributed by atoms with Crippen LogP contribution in [-0.4, -0.2) is 63.8 Å². The second kappa shape index (κ2) is 13.0. The van der Waals surface area contributed by atoms with Gasteiger partial charge in [0.25, 0.3) is 0 Å². The lowest BCUT2D eigenvalue weighted by atomic mass is 10.0. The van der Waals surface area contributed by atoms with Crippen LogP contribution in [0.25, 0.3) is 0 Å². The summed E-state index contributed by atoms with van der Waals surface area (Å²) in [5.41, 5.74) is 1.28. The number of nitrogens with zero attached hydrogens (tertiary/aromatic N) is 2. The highest BCUT2D eigenvalue weighted by Crippen LogP contribution is 2.25. The van der Waals surface area contributed by atoms with Crippen LogP contribution < -0.4 is 15.4 Å². The number of carbonyl (C=O) groups is 1. The Kier molecular flexibility index (Phi) is 10.3. The number of carbonyl (C=O) groups excluding carboxylic acids is 1. The Hall–Kier alpha value is -2.28. The van der Waals surface area contributed by atoms with Crippen molar-refractivity contribution in [3.05, 3.63) is 29.8 Å². The zero-order chi connectivity index (χ0) is 20.9. The lowest BCUT2D eigenvalue weighted by Gasteiger charge is -2.35. The lowest BCUT2D eigenvalue weighted by molar-refractivity contribution is -0.143. The van der Waals surface area contributed by atoms with E-state index in [9.17, 15) is 4.79 Å². The maximum absolute atomic E-state index is 11.4. The monoisotopic (exact) mass is 404 g/mol. The molecule has 29 heavy (non-hydrogen) atoms. The molecule has 162 valence electrons. The number of likely N-dealkylation sites (tertiary alicyclic amines) is 1. The van der Waals surface area contributed by atoms with E-state index in [0.29, 0.717) is 26.0 Å². The number of nitrogens with one attached hydrogen (secondary N) is 2. The molecule has 1 aliphatic rings. The summed E-state index contributed by atoms with van der Waals surface area (Å²) in [5, 5.41) is 6.74. The van der Waals surface area contributed by atoms with E-state index in [1.54, 1.807) is 14.2 Å². The number of esters is 1. The molecule has 1 fully saturated rings. The van der Waals surface area contributed by atoms with Crippen LogP contribution >= 0.6 is 0 Å². The van der Waals surface area contributed by atoms with Gasteiger partial charge in [-0.3, -0.25) is 14.7 Å². The second-order valence-electron chi connectivity index (χ2n) is 7.17. The predicted molar refractivity (Wildman–Crippen MR) is 116 cm³/mol. The number of benzene rings is 1. The van der Waals surface area contributed by atoms with Crippen molar-refractivity contribution in [2.24, 2.45) is 4.99 Å². The van der Waals surface area contributed by atoms with Crippen molar-refractivity contribution >= 4 is 11.9 Å². The van der Waals surface area contributed by atoms with E-state index in [4.69, 9.17) is 9.47 Å². The Morgan fingerprint density at radius 3 is 2.52 bits per heavy atom. The van der Waals surface area contributed by atoms with Crippen molar-refractivity contribution in [2.75, 3.05) is 46.9 Å². The molecule has 0 amide bonds. The zero-order valence-corrected chi connectivity index (χ0v) is 18.1. The van der Waals surface area contributed by atoms with Gasteiger partial charge < -0.3 is 20.1 Å². The van der Waals surface area contributed by atoms with Crippen molar-refractivity contribution in [3.8, 4) is 5.75 Å². The molecule has 0 saturated carbocycles. The average molecular weight is 405 g/mol. The molecule has 7 nitrogen and oxygen atoms in total. The number of hydrogen-bond acceptors (Lipinski definition) is 5. The van der Waals surface area contributed by atoms with Crippen LogP contribution in [0.15, 0.2) is 29.3 Å². The molecular weight excluding hydrogens is 368 g/mol. The standard InChI is InChI=1S/C22H36N4O3/c1-4-29-21(27)9-8-14-24-22(23-2)25-17-20(26-15-6-5-7-16-26)18-10-12-19(28-3)13-11-18/h10-13,20H,4-9,14-17H2,1-3H3,(H2,23,24,25). The Morgan fingerprint density at radius 1 is 1.17 bits per heavy atom. The normalized spacial score (nSPS) is 16.2. The maximum atomic E-state index is 11.4. The molecule has 0 radical (unpaired) electrons. The number of piperidine rings is 1. The Morgan fingerprint density at radius 2 is 1.90 bits per heavy atom. The van der Waals surface area contributed by atoms with Crippen LogP contribution in [0.4, 0.5) is 0 Å². The van der Waals surface area contributed by atoms with Crippen molar-refractivity contribution < 1.29 is 14.3 Å². The highest BCUT2D eigenvalue weighted by atomic mass is 16.5. The van der Waals surface area contributed by atoms with Gasteiger partial charge in [-0.1, -0.05) is 18.6 Å². The van der Waals surface area contributed by atoms with Crippen molar-refractivity contribution in [2.45, 2.75) is 45.1 Å². The van der Waals surface area contributed by atoms with E-state index in [1.807, 2.05) is 19.1 Å². The summed E-state index contributed by atoms with van der Waals surface area (Å²) in [6, 6.07) is 8.62. The highest BCUT2D eigenvalue weighted by Gasteiger charge is 2.22. The maximum Gasteiger partial charge on any atom is 0.305 e. The predicted octanol–water partition coefficient (Wildman–Crippen LogP) is 2.73. The molecular formula is C22H36N4O3. The van der Waals surface area contributed by atoms with Crippen molar-refractivity contribution in [1.29, 1.82) is 0 Å². The van der Waals surface area contributed by atoms with Crippen LogP contribution in [0.3, 0.4) is 0 Å². The van der Waals surface area contributed by atoms with Gasteiger partial charge in [-0.25, -0.2) is 0 Å². The van der Waals surface area contributed by atoms with E-state index in [-0.39, 0.29) is 12.0 Å². The minimum atomic E-state index is -0.151. The van der Waals surface area contributed by atoms with Gasteiger partial charge in [-0.15, -0.1) is 0 Å². The minimum absolute atomic E-state index is 0.151. The van der Waals surface area contributed by atoms with Gasteiger partial charge in [-0.05, 0) is 57.0 Å². The molecule has 1 aromatic rings. The van der Waals surface area contributed by atoms with Gasteiger partial charge in [0.15, 0.2) is 5.96 Å². The molecule has 2 rings (SSSR count). The Labute approximate surface area is 174 Å². The van der Waals surface area contributed by atoms with E-state index >= 15 is 0 Å². The fourth-order valence-corrected chi connectivity index (χ4v) is 3.60. The largest absolute Gasteiger partial charge is 0.497 e. The minimum Gasteiger partial charge on any atom is -0.497 e. The van der Waals surface area contributed by atoms with E-state index < -0.39 is 0 Å². The number of hydrogen-bond donors (Lipinski definition) is 2. The summed E-state index contributed by atoms with van der Waals surface area (Å²) in [5.74, 6) is 1.48. The third-order valence-corrected chi connectivity index (χ3v) is 5.17. The van der Waals surface area contributed by atoms with Crippen LogP contribution in [-0.2, 0) is 9.53 Å². The van der Waals surface area contributed by atoms with Crippen LogP contribution in [0.5, 0.6) is 5.75 Å². The quantitative estimate of drug-likeness (QED) is 0.270. The Balaban J connectivity index is 1.90. The summed E-state index contributed by atoms with van der Waals surface area (Å²) < 4.78 is 10.3. The summed E-state index contributed by atoms with van der Waals surface area (Å²) in [6.45, 7) is 5.93. The van der Waals surface area contributed by atoms with Gasteiger partial charge in [0, 0.05) is 26.6 Å². The number of methoxy groups -OCH3 is 1. The number of guanidine groups is 1. The molecule has 1 atom stereocenters. The molecule has 1 unspecified atom stereocenters. The van der Waals surface area contributed by atoms with Gasteiger partial charge in [0.2, 0.25) is 0 Å². The third-order valence-electron chi connectivity index (χ3n) is 5.17. The van der Waals surface area contributed by atoms with Crippen LogP contribution in [0, 0.1) is 0 Å². The summed E-state index contributed by atoms with van der Waals surface area (Å²) in [4.78, 5) is 18.3. The molecule has 1 aliphatic heterocycles. The zero-order valence-electron chi connectivity index (χ0n) is 18.1. The molecule has 0 bridgehead atoms. The highest BCUT2D eigenvalue weighted by molar-refractivity contribution is 5.79. The van der Waals surface area contributed by atoms with Gasteiger partial charge in [-0.2, -0.15) is 0 Å². The average Bonchev–Trinajstić information content (AvgIpc) is 2.76. The number of aliphatic imine (C=N–C) groups is 1. The molecule has 1 saturated heterocycles. The smallest absolute Gasteiger partial charge is 0.305 e. The SMILES string of the molecule is CCOC(=O)CCCNC(=NC)NCC(c1ccc(OC)cc1)N1CCCCC1. The fourth-order valence-electron chi connectivity index (χ4n) is 3.60. The van der Waals surface area contributed by atoms with Gasteiger partial charge in [0.05, 0.1) is 19.8 Å². The fraction of sp³-hybridized carbons (Fsp3) is 0.636. The summed E-state index contributed by atoms with van der Waals surface area (Å²) in [6.07, 6.45) is 4.93. The van der Waals surface area contributed by atoms with Gasteiger partial charge in [0.1, 0.15) is 5.75 Å². The van der Waals surface area contributed by atoms with Crippen LogP contribution in [0.2, 0.25) is 0 Å². The van der Waals surface area contributed by atoms with Crippen molar-refractivity contribution in [3.63, 3.8) is 0 Å². The van der Waals surface area contributed by atoms with Crippen LogP contribution in [0.1, 0.15) is 50.6 Å². The molecule has 0 aromatic heterocycles. The first-order chi connectivity index (χ1) is 14.2. The van der Waals surface area contributed by atoms with E-state index in [2.05, 4.69) is 32.7 Å². The Bertz CT molecular complexity index is 627. The second-order valence-corrected chi connectivity index (χ2v) is 7.17. The number of rotatable bonds is 10. The molecule has 1 aromatic carbocycles. The lowest BCUT2D eigenvalue weighted by Crippen LogP contribution is -2.44. The molecule has 0 aliphatic carbocycles.